The minimum absolute atomic E-state index is 0.0571. The molecule has 60 heavy (non-hydrogen) atoms. The summed E-state index contributed by atoms with van der Waals surface area (Å²) in [5.74, 6) is -2.57. The normalized spacial score (nSPS) is 22.1. The molecular formula is C40H42ClF3N6O8S2. The molecule has 3 fully saturated rings. The lowest BCUT2D eigenvalue weighted by Gasteiger charge is -2.35. The zero-order valence-corrected chi connectivity index (χ0v) is 35.2. The number of ether oxygens (including phenoxy) is 3. The second-order valence-electron chi connectivity index (χ2n) is 16.0. The molecule has 1 saturated heterocycles. The van der Waals surface area contributed by atoms with E-state index in [-0.39, 0.29) is 41.7 Å². The number of alkyl halides is 3. The number of methoxy groups -OCH3 is 1. The monoisotopic (exact) mass is 890 g/mol. The quantitative estimate of drug-likeness (QED) is 0.118. The van der Waals surface area contributed by atoms with Crippen LogP contribution in [-0.2, 0) is 24.4 Å². The van der Waals surface area contributed by atoms with Gasteiger partial charge in [-0.2, -0.15) is 0 Å². The SMILES string of the molecule is C=C[C@@H]1C[C@]1(NC(=O)[C@@H]1C[C@@H](Oc2ncc(OC)c3ccc(Cl)cc23)CN1C(=O)[C@@H](Nc1nc(-c2ccccc2OC(F)(F)F)cs1)C(C)(C)C)C(=O)NS(=O)(=O)C1CC1. The number of carbonyl (C=O) groups excluding carboxylic acids is 3. The van der Waals surface area contributed by atoms with Crippen molar-refractivity contribution in [3.63, 3.8) is 0 Å². The molecule has 320 valence electrons. The van der Waals surface area contributed by atoms with Gasteiger partial charge in [-0.05, 0) is 55.0 Å². The smallest absolute Gasteiger partial charge is 0.494 e. The number of carbonyl (C=O) groups is 3. The van der Waals surface area contributed by atoms with Crippen molar-refractivity contribution in [1.29, 1.82) is 0 Å². The van der Waals surface area contributed by atoms with Gasteiger partial charge in [0.1, 0.15) is 35.2 Å². The van der Waals surface area contributed by atoms with Crippen molar-refractivity contribution in [2.24, 2.45) is 11.3 Å². The first-order valence-electron chi connectivity index (χ1n) is 18.9. The molecule has 3 N–H and O–H groups in total. The Morgan fingerprint density at radius 2 is 1.83 bits per heavy atom. The van der Waals surface area contributed by atoms with Crippen LogP contribution >= 0.6 is 22.9 Å². The number of aromatic nitrogens is 2. The minimum Gasteiger partial charge on any atom is -0.494 e. The van der Waals surface area contributed by atoms with Crippen LogP contribution in [-0.4, -0.2) is 90.0 Å². The van der Waals surface area contributed by atoms with E-state index in [4.69, 9.17) is 21.1 Å². The third kappa shape index (κ3) is 8.97. The molecule has 3 amide bonds. The van der Waals surface area contributed by atoms with Gasteiger partial charge in [0.15, 0.2) is 5.13 Å². The number of rotatable bonds is 14. The van der Waals surface area contributed by atoms with Crippen LogP contribution in [0.5, 0.6) is 17.4 Å². The maximum Gasteiger partial charge on any atom is 0.573 e. The summed E-state index contributed by atoms with van der Waals surface area (Å²) in [6, 6.07) is 8.34. The number of hydrogen-bond acceptors (Lipinski definition) is 12. The average Bonchev–Trinajstić information content (AvgIpc) is 4.07. The molecule has 0 spiro atoms. The Balaban J connectivity index is 1.19. The van der Waals surface area contributed by atoms with Crippen LogP contribution in [0.15, 0.2) is 66.7 Å². The van der Waals surface area contributed by atoms with Crippen molar-refractivity contribution in [2.45, 2.75) is 81.8 Å². The van der Waals surface area contributed by atoms with Crippen molar-refractivity contribution in [3.8, 4) is 28.6 Å². The number of sulfonamides is 1. The number of thiazole rings is 1. The minimum atomic E-state index is -4.94. The van der Waals surface area contributed by atoms with Gasteiger partial charge in [-0.25, -0.2) is 18.4 Å². The number of fused-ring (bicyclic) bond motifs is 1. The van der Waals surface area contributed by atoms with Crippen molar-refractivity contribution < 1.29 is 50.2 Å². The second kappa shape index (κ2) is 16.0. The van der Waals surface area contributed by atoms with Crippen molar-refractivity contribution >= 4 is 66.6 Å². The van der Waals surface area contributed by atoms with E-state index in [0.29, 0.717) is 34.4 Å². The third-order valence-electron chi connectivity index (χ3n) is 10.6. The van der Waals surface area contributed by atoms with Gasteiger partial charge in [-0.1, -0.05) is 50.6 Å². The maximum absolute atomic E-state index is 14.9. The van der Waals surface area contributed by atoms with Gasteiger partial charge in [-0.15, -0.1) is 31.1 Å². The van der Waals surface area contributed by atoms with E-state index in [2.05, 4.69) is 36.6 Å². The molecule has 0 radical (unpaired) electrons. The molecule has 1 aliphatic heterocycles. The Morgan fingerprint density at radius 1 is 1.10 bits per heavy atom. The highest BCUT2D eigenvalue weighted by atomic mass is 35.5. The Hall–Kier alpha value is -5.14. The highest BCUT2D eigenvalue weighted by Crippen LogP contribution is 2.46. The van der Waals surface area contributed by atoms with E-state index in [1.807, 2.05) is 0 Å². The van der Waals surface area contributed by atoms with E-state index in [0.717, 1.165) is 11.3 Å². The van der Waals surface area contributed by atoms with E-state index in [1.54, 1.807) is 45.0 Å². The first-order valence-corrected chi connectivity index (χ1v) is 21.7. The topological polar surface area (TPSA) is 178 Å². The van der Waals surface area contributed by atoms with Gasteiger partial charge in [0.05, 0.1) is 30.8 Å². The van der Waals surface area contributed by atoms with Crippen molar-refractivity contribution in [3.05, 3.63) is 71.7 Å². The number of para-hydroxylation sites is 1. The maximum atomic E-state index is 14.9. The number of nitrogens with one attached hydrogen (secondary N) is 3. The fourth-order valence-corrected chi connectivity index (χ4v) is 9.54. The van der Waals surface area contributed by atoms with E-state index >= 15 is 0 Å². The lowest BCUT2D eigenvalue weighted by atomic mass is 9.85. The van der Waals surface area contributed by atoms with Crippen LogP contribution in [0.1, 0.15) is 46.5 Å². The Kier molecular flexibility index (Phi) is 11.5. The number of hydrogen-bond donors (Lipinski definition) is 3. The van der Waals surface area contributed by atoms with E-state index in [1.165, 1.54) is 47.9 Å². The number of anilines is 1. The fraction of sp³-hybridized carbons (Fsp3) is 0.425. The van der Waals surface area contributed by atoms with Crippen LogP contribution in [0.25, 0.3) is 22.0 Å². The van der Waals surface area contributed by atoms with Crippen LogP contribution in [0, 0.1) is 11.3 Å². The molecule has 2 saturated carbocycles. The predicted octanol–water partition coefficient (Wildman–Crippen LogP) is 6.46. The molecule has 20 heteroatoms. The molecule has 0 unspecified atom stereocenters. The van der Waals surface area contributed by atoms with Gasteiger partial charge < -0.3 is 29.7 Å². The Bertz CT molecular complexity index is 2460. The molecule has 5 atom stereocenters. The van der Waals surface area contributed by atoms with Gasteiger partial charge in [0, 0.05) is 39.1 Å². The molecule has 2 aromatic carbocycles. The number of amides is 3. The van der Waals surface area contributed by atoms with E-state index < -0.39 is 80.2 Å². The van der Waals surface area contributed by atoms with Crippen LogP contribution < -0.4 is 29.6 Å². The lowest BCUT2D eigenvalue weighted by Crippen LogP contribution is -2.58. The molecule has 0 bridgehead atoms. The number of nitrogens with zero attached hydrogens (tertiary/aromatic N) is 3. The standard InChI is InChI=1S/C40H42ClF3N6O8S2/c1-6-21-17-39(21,36(53)49-60(54,55)24-12-13-24)48-33(51)29-16-23(57-34-27-15-22(41)11-14-25(27)31(56-5)18-45-34)19-50(29)35(52)32(38(2,3)4)47-37-46-28(20-59-37)26-9-7-8-10-30(26)58-40(42,43)44/h6-11,14-15,18,20-21,23-24,29,32H,1,12-13,16-17,19H2,2-5H3,(H,46,47)(H,48,51)(H,49,53)/t21-,23-,29+,32-,39-/m1/s1. The highest BCUT2D eigenvalue weighted by Gasteiger charge is 2.62. The van der Waals surface area contributed by atoms with Gasteiger partial charge in [0.25, 0.3) is 5.91 Å². The summed E-state index contributed by atoms with van der Waals surface area (Å²) < 4.78 is 83.4. The van der Waals surface area contributed by atoms with E-state index in [9.17, 15) is 36.0 Å². The molecule has 2 aliphatic carbocycles. The predicted molar refractivity (Wildman–Crippen MR) is 218 cm³/mol. The van der Waals surface area contributed by atoms with Gasteiger partial charge in [0.2, 0.25) is 27.7 Å². The summed E-state index contributed by atoms with van der Waals surface area (Å²) in [5.41, 5.74) is -2.21. The Morgan fingerprint density at radius 3 is 2.48 bits per heavy atom. The second-order valence-corrected chi connectivity index (χ2v) is 19.3. The zero-order valence-electron chi connectivity index (χ0n) is 32.8. The summed E-state index contributed by atoms with van der Waals surface area (Å²) >= 11 is 7.41. The fourth-order valence-electron chi connectivity index (χ4n) is 7.27. The first kappa shape index (κ1) is 43.0. The average molecular weight is 891 g/mol. The molecule has 3 heterocycles. The number of pyridine rings is 1. The zero-order chi connectivity index (χ0) is 43.4. The number of likely N-dealkylation sites (tertiary alicyclic amines) is 1. The molecule has 4 aromatic rings. The molecule has 3 aliphatic rings. The summed E-state index contributed by atoms with van der Waals surface area (Å²) in [6.07, 6.45) is -1.95. The molecule has 2 aromatic heterocycles. The summed E-state index contributed by atoms with van der Waals surface area (Å²) in [6.45, 7) is 9.02. The van der Waals surface area contributed by atoms with Crippen molar-refractivity contribution in [1.82, 2.24) is 24.9 Å². The summed E-state index contributed by atoms with van der Waals surface area (Å²) in [5, 5.41) is 8.54. The highest BCUT2D eigenvalue weighted by molar-refractivity contribution is 7.91. The van der Waals surface area contributed by atoms with Crippen LogP contribution in [0.2, 0.25) is 5.02 Å². The number of benzene rings is 2. The van der Waals surface area contributed by atoms with Gasteiger partial charge in [-0.3, -0.25) is 19.1 Å². The summed E-state index contributed by atoms with van der Waals surface area (Å²) in [4.78, 5) is 53.2. The molecule has 7 rings (SSSR count). The van der Waals surface area contributed by atoms with Crippen LogP contribution in [0.4, 0.5) is 18.3 Å². The molecular weight excluding hydrogens is 849 g/mol. The Labute approximate surface area is 352 Å². The number of halogens is 4. The molecule has 14 nitrogen and oxygen atoms in total. The largest absolute Gasteiger partial charge is 0.573 e. The summed E-state index contributed by atoms with van der Waals surface area (Å²) in [7, 11) is -2.46. The third-order valence-corrected chi connectivity index (χ3v) is 13.5. The van der Waals surface area contributed by atoms with Crippen LogP contribution in [0.3, 0.4) is 0 Å². The van der Waals surface area contributed by atoms with Gasteiger partial charge >= 0.3 is 6.36 Å². The van der Waals surface area contributed by atoms with Crippen molar-refractivity contribution in [2.75, 3.05) is 19.0 Å². The first-order chi connectivity index (χ1) is 28.2. The lowest BCUT2D eigenvalue weighted by molar-refractivity contribution is -0.274.